The van der Waals surface area contributed by atoms with E-state index in [1.54, 1.807) is 19.1 Å². The lowest BCUT2D eigenvalue weighted by atomic mass is 9.84. The first-order valence-electron chi connectivity index (χ1n) is 12.0. The second-order valence-corrected chi connectivity index (χ2v) is 9.02. The van der Waals surface area contributed by atoms with Crippen molar-refractivity contribution in [2.45, 2.75) is 45.4 Å². The number of nitrogens with one attached hydrogen (secondary N) is 1. The van der Waals surface area contributed by atoms with Gasteiger partial charge in [-0.1, -0.05) is 30.3 Å². The number of amides is 1. The number of hydrogen-bond acceptors (Lipinski definition) is 4. The molecule has 1 aliphatic carbocycles. The topological polar surface area (TPSA) is 58.6 Å². The van der Waals surface area contributed by atoms with Crippen molar-refractivity contribution in [3.63, 3.8) is 0 Å². The van der Waals surface area contributed by atoms with Crippen LogP contribution in [0.4, 0.5) is 5.69 Å². The highest BCUT2D eigenvalue weighted by Gasteiger charge is 2.32. The van der Waals surface area contributed by atoms with E-state index >= 15 is 0 Å². The summed E-state index contributed by atoms with van der Waals surface area (Å²) in [5, 5.41) is 3.02. The molecule has 1 N–H and O–H groups in total. The summed E-state index contributed by atoms with van der Waals surface area (Å²) >= 11 is 0. The number of likely N-dealkylation sites (N-methyl/N-ethyl adjacent to an activating group) is 1. The molecule has 5 rings (SSSR count). The fourth-order valence-electron chi connectivity index (χ4n) is 5.29. The average Bonchev–Trinajstić information content (AvgIpc) is 3.14. The molecule has 2 bridgehead atoms. The number of fused-ring (bicyclic) bond motifs is 4. The molecular formula is C27H34N2O3. The molecule has 1 amide bonds. The zero-order valence-corrected chi connectivity index (χ0v) is 19.2. The van der Waals surface area contributed by atoms with Crippen LogP contribution in [0, 0.1) is 11.8 Å². The lowest BCUT2D eigenvalue weighted by Crippen LogP contribution is -2.33. The molecule has 5 heteroatoms. The Morgan fingerprint density at radius 3 is 2.19 bits per heavy atom. The summed E-state index contributed by atoms with van der Waals surface area (Å²) in [6, 6.07) is 15.6. The van der Waals surface area contributed by atoms with Crippen LogP contribution in [0.2, 0.25) is 0 Å². The van der Waals surface area contributed by atoms with Crippen LogP contribution in [0.15, 0.2) is 48.5 Å². The van der Waals surface area contributed by atoms with Crippen LogP contribution in [-0.2, 0) is 9.53 Å². The Hall–Kier alpha value is -2.82. The molecule has 2 aliphatic heterocycles. The van der Waals surface area contributed by atoms with Crippen LogP contribution in [0.5, 0.6) is 0 Å². The van der Waals surface area contributed by atoms with Gasteiger partial charge >= 0.3 is 5.97 Å². The number of carbonyl (C=O) groups is 2. The van der Waals surface area contributed by atoms with Gasteiger partial charge in [0.05, 0.1) is 18.1 Å². The molecule has 0 radical (unpaired) electrons. The van der Waals surface area contributed by atoms with E-state index in [0.29, 0.717) is 18.7 Å². The van der Waals surface area contributed by atoms with Gasteiger partial charge in [-0.25, -0.2) is 4.79 Å². The number of hydrogen-bond donors (Lipinski definition) is 1. The van der Waals surface area contributed by atoms with Crippen molar-refractivity contribution in [1.82, 2.24) is 5.32 Å². The Balaban J connectivity index is 1.70. The lowest BCUT2D eigenvalue weighted by Gasteiger charge is -2.30. The van der Waals surface area contributed by atoms with Crippen molar-refractivity contribution in [3.8, 4) is 0 Å². The average molecular weight is 435 g/mol. The van der Waals surface area contributed by atoms with E-state index in [0.717, 1.165) is 41.7 Å². The minimum absolute atomic E-state index is 0.0124. The van der Waals surface area contributed by atoms with E-state index in [1.807, 2.05) is 25.1 Å². The maximum Gasteiger partial charge on any atom is 0.338 e. The first-order chi connectivity index (χ1) is 15.6. The third-order valence-corrected chi connectivity index (χ3v) is 6.88. The molecule has 2 aromatic carbocycles. The number of para-hydroxylation sites is 1. The van der Waals surface area contributed by atoms with Gasteiger partial charge in [0.2, 0.25) is 5.91 Å². The molecule has 1 unspecified atom stereocenters. The molecule has 1 atom stereocenters. The third kappa shape index (κ3) is 4.82. The van der Waals surface area contributed by atoms with Gasteiger partial charge < -0.3 is 15.0 Å². The maximum atomic E-state index is 13.3. The smallest absolute Gasteiger partial charge is 0.338 e. The minimum Gasteiger partial charge on any atom is -0.462 e. The van der Waals surface area contributed by atoms with Crippen molar-refractivity contribution in [1.29, 1.82) is 0 Å². The lowest BCUT2D eigenvalue weighted by molar-refractivity contribution is -0.121. The molecule has 2 saturated heterocycles. The van der Waals surface area contributed by atoms with Gasteiger partial charge in [-0.2, -0.15) is 0 Å². The fourth-order valence-corrected chi connectivity index (χ4v) is 5.29. The van der Waals surface area contributed by atoms with Crippen LogP contribution in [-0.4, -0.2) is 38.1 Å². The number of carbonyl (C=O) groups excluding carboxylic acids is 2. The summed E-state index contributed by atoms with van der Waals surface area (Å²) < 4.78 is 5.11. The third-order valence-electron chi connectivity index (χ3n) is 6.88. The summed E-state index contributed by atoms with van der Waals surface area (Å²) in [6.45, 7) is 6.79. The highest BCUT2D eigenvalue weighted by molar-refractivity contribution is 5.91. The normalized spacial score (nSPS) is 21.0. The Morgan fingerprint density at radius 2 is 1.59 bits per heavy atom. The van der Waals surface area contributed by atoms with Crippen LogP contribution in [0.1, 0.15) is 66.9 Å². The van der Waals surface area contributed by atoms with Crippen molar-refractivity contribution in [2.24, 2.45) is 11.8 Å². The van der Waals surface area contributed by atoms with Crippen molar-refractivity contribution in [2.75, 3.05) is 31.1 Å². The quantitative estimate of drug-likeness (QED) is 0.639. The number of benzene rings is 2. The molecule has 2 heterocycles. The number of esters is 1. The number of ether oxygens (including phenoxy) is 1. The van der Waals surface area contributed by atoms with Crippen LogP contribution in [0.25, 0.3) is 0 Å². The summed E-state index contributed by atoms with van der Waals surface area (Å²) in [4.78, 5) is 27.9. The predicted molar refractivity (Wildman–Crippen MR) is 127 cm³/mol. The number of nitrogens with zero attached hydrogens (tertiary/aromatic N) is 1. The largest absolute Gasteiger partial charge is 0.462 e. The zero-order chi connectivity index (χ0) is 22.5. The van der Waals surface area contributed by atoms with E-state index in [2.05, 4.69) is 28.4 Å². The van der Waals surface area contributed by atoms with Crippen LogP contribution >= 0.6 is 0 Å². The molecule has 0 spiro atoms. The SMILES string of the molecule is CCNC(=O)C(c1ccc(C(=O)OCC)cc1)c1ccccc1N1CC2CCC(CC2)C1. The van der Waals surface area contributed by atoms with Crippen LogP contribution in [0.3, 0.4) is 0 Å². The summed E-state index contributed by atoms with van der Waals surface area (Å²) in [5.41, 5.74) is 3.58. The highest BCUT2D eigenvalue weighted by Crippen LogP contribution is 2.39. The second kappa shape index (κ2) is 10.2. The number of rotatable bonds is 7. The monoisotopic (exact) mass is 434 g/mol. The van der Waals surface area contributed by atoms with Crippen molar-refractivity contribution < 1.29 is 14.3 Å². The van der Waals surface area contributed by atoms with Crippen LogP contribution < -0.4 is 10.2 Å². The van der Waals surface area contributed by atoms with E-state index in [1.165, 1.54) is 25.7 Å². The van der Waals surface area contributed by atoms with E-state index in [-0.39, 0.29) is 11.9 Å². The Kier molecular flexibility index (Phi) is 7.13. The highest BCUT2D eigenvalue weighted by atomic mass is 16.5. The molecule has 1 saturated carbocycles. The summed E-state index contributed by atoms with van der Waals surface area (Å²) in [5.74, 6) is 0.709. The molecule has 32 heavy (non-hydrogen) atoms. The second-order valence-electron chi connectivity index (χ2n) is 9.02. The maximum absolute atomic E-state index is 13.3. The molecule has 3 fully saturated rings. The Labute approximate surface area is 191 Å². The Bertz CT molecular complexity index is 918. The minimum atomic E-state index is -0.427. The molecule has 170 valence electrons. The predicted octanol–water partition coefficient (Wildman–Crippen LogP) is 4.76. The fraction of sp³-hybridized carbons (Fsp3) is 0.481. The van der Waals surface area contributed by atoms with E-state index < -0.39 is 5.92 Å². The van der Waals surface area contributed by atoms with E-state index in [9.17, 15) is 9.59 Å². The zero-order valence-electron chi connectivity index (χ0n) is 19.2. The van der Waals surface area contributed by atoms with Crippen molar-refractivity contribution >= 4 is 17.6 Å². The van der Waals surface area contributed by atoms with Gasteiger partial charge in [-0.05, 0) is 80.7 Å². The summed E-state index contributed by atoms with van der Waals surface area (Å²) in [6.07, 6.45) is 5.27. The first kappa shape index (κ1) is 22.4. The van der Waals surface area contributed by atoms with Gasteiger partial charge in [0.15, 0.2) is 0 Å². The molecular weight excluding hydrogens is 400 g/mol. The number of anilines is 1. The Morgan fingerprint density at radius 1 is 0.969 bits per heavy atom. The van der Waals surface area contributed by atoms with Gasteiger partial charge in [-0.3, -0.25) is 4.79 Å². The summed E-state index contributed by atoms with van der Waals surface area (Å²) in [7, 11) is 0. The molecule has 2 aromatic rings. The standard InChI is InChI=1S/C27H34N2O3/c1-3-28-26(30)25(21-13-15-22(16-14-21)27(31)32-4-2)23-7-5-6-8-24(23)29-17-19-9-10-20(18-29)12-11-19/h5-8,13-16,19-20,25H,3-4,9-12,17-18H2,1-2H3,(H,28,30). The van der Waals surface area contributed by atoms with Gasteiger partial charge in [-0.15, -0.1) is 0 Å². The van der Waals surface area contributed by atoms with Gasteiger partial charge in [0.1, 0.15) is 0 Å². The first-order valence-corrected chi connectivity index (χ1v) is 12.0. The van der Waals surface area contributed by atoms with Gasteiger partial charge in [0, 0.05) is 25.3 Å². The van der Waals surface area contributed by atoms with Crippen molar-refractivity contribution in [3.05, 3.63) is 65.2 Å². The molecule has 3 aliphatic rings. The molecule has 5 nitrogen and oxygen atoms in total. The molecule has 0 aromatic heterocycles. The van der Waals surface area contributed by atoms with Gasteiger partial charge in [0.25, 0.3) is 0 Å². The van der Waals surface area contributed by atoms with E-state index in [4.69, 9.17) is 4.74 Å².